The topological polar surface area (TPSA) is 53.2 Å². The number of aromatic amines is 1. The summed E-state index contributed by atoms with van der Waals surface area (Å²) in [5, 5.41) is 1.14. The first-order valence-electron chi connectivity index (χ1n) is 7.81. The van der Waals surface area contributed by atoms with E-state index in [9.17, 15) is 12.8 Å². The van der Waals surface area contributed by atoms with Crippen molar-refractivity contribution in [3.63, 3.8) is 0 Å². The minimum Gasteiger partial charge on any atom is -0.357 e. The van der Waals surface area contributed by atoms with E-state index in [1.54, 1.807) is 6.92 Å². The minimum atomic E-state index is -3.72. The van der Waals surface area contributed by atoms with Crippen LogP contribution in [0.4, 0.5) is 4.39 Å². The SMILES string of the molecule is Cc1ccc(F)cc1S(=O)(=O)N1CCc2c([nH]c3ccccc23)C1. The van der Waals surface area contributed by atoms with E-state index < -0.39 is 15.8 Å². The van der Waals surface area contributed by atoms with Crippen LogP contribution in [0.3, 0.4) is 0 Å². The summed E-state index contributed by atoms with van der Waals surface area (Å²) in [6.45, 7) is 2.36. The van der Waals surface area contributed by atoms with E-state index in [0.717, 1.165) is 22.7 Å². The molecule has 1 aliphatic heterocycles. The highest BCUT2D eigenvalue weighted by Gasteiger charge is 2.31. The summed E-state index contributed by atoms with van der Waals surface area (Å²) < 4.78 is 40.8. The second-order valence-electron chi connectivity index (χ2n) is 6.13. The minimum absolute atomic E-state index is 0.0436. The Hall–Kier alpha value is -2.18. The molecule has 2 heterocycles. The number of aromatic nitrogens is 1. The second kappa shape index (κ2) is 5.43. The Bertz CT molecular complexity index is 1040. The van der Waals surface area contributed by atoms with Crippen LogP contribution < -0.4 is 0 Å². The molecule has 1 N–H and O–H groups in total. The van der Waals surface area contributed by atoms with Crippen LogP contribution in [-0.4, -0.2) is 24.3 Å². The van der Waals surface area contributed by atoms with Crippen molar-refractivity contribution in [1.29, 1.82) is 0 Å². The highest BCUT2D eigenvalue weighted by atomic mass is 32.2. The fourth-order valence-electron chi connectivity index (χ4n) is 3.36. The number of nitrogens with one attached hydrogen (secondary N) is 1. The number of fused-ring (bicyclic) bond motifs is 3. The summed E-state index contributed by atoms with van der Waals surface area (Å²) in [5.41, 5.74) is 3.66. The summed E-state index contributed by atoms with van der Waals surface area (Å²) >= 11 is 0. The molecule has 0 unspecified atom stereocenters. The van der Waals surface area contributed by atoms with Crippen molar-refractivity contribution < 1.29 is 12.8 Å². The smallest absolute Gasteiger partial charge is 0.243 e. The van der Waals surface area contributed by atoms with Crippen LogP contribution in [0.5, 0.6) is 0 Å². The van der Waals surface area contributed by atoms with Crippen molar-refractivity contribution in [1.82, 2.24) is 9.29 Å². The summed E-state index contributed by atoms with van der Waals surface area (Å²) in [4.78, 5) is 3.36. The van der Waals surface area contributed by atoms with Crippen molar-refractivity contribution in [2.24, 2.45) is 0 Å². The lowest BCUT2D eigenvalue weighted by Gasteiger charge is -2.27. The zero-order valence-electron chi connectivity index (χ0n) is 13.2. The lowest BCUT2D eigenvalue weighted by Crippen LogP contribution is -2.36. The lowest BCUT2D eigenvalue weighted by atomic mass is 10.1. The molecule has 0 fully saturated rings. The van der Waals surface area contributed by atoms with Gasteiger partial charge >= 0.3 is 0 Å². The fraction of sp³-hybridized carbons (Fsp3) is 0.222. The van der Waals surface area contributed by atoms with Crippen molar-refractivity contribution in [2.45, 2.75) is 24.8 Å². The van der Waals surface area contributed by atoms with Gasteiger partial charge in [-0.1, -0.05) is 24.3 Å². The zero-order valence-corrected chi connectivity index (χ0v) is 14.0. The predicted molar refractivity (Wildman–Crippen MR) is 90.7 cm³/mol. The van der Waals surface area contributed by atoms with Crippen LogP contribution in [0.15, 0.2) is 47.4 Å². The van der Waals surface area contributed by atoms with Gasteiger partial charge in [0.15, 0.2) is 0 Å². The van der Waals surface area contributed by atoms with Gasteiger partial charge < -0.3 is 4.98 Å². The van der Waals surface area contributed by atoms with Crippen molar-refractivity contribution >= 4 is 20.9 Å². The lowest BCUT2D eigenvalue weighted by molar-refractivity contribution is 0.388. The maximum absolute atomic E-state index is 13.5. The summed E-state index contributed by atoms with van der Waals surface area (Å²) in [5.74, 6) is -0.539. The first-order chi connectivity index (χ1) is 11.5. The van der Waals surface area contributed by atoms with E-state index in [-0.39, 0.29) is 11.4 Å². The van der Waals surface area contributed by atoms with Crippen LogP contribution in [-0.2, 0) is 23.0 Å². The molecule has 0 saturated carbocycles. The molecule has 4 nitrogen and oxygen atoms in total. The normalized spacial score (nSPS) is 15.6. The second-order valence-corrected chi connectivity index (χ2v) is 8.03. The molecule has 2 aromatic carbocycles. The molecule has 1 aromatic heterocycles. The number of aryl methyl sites for hydroxylation is 1. The van der Waals surface area contributed by atoms with E-state index in [1.165, 1.54) is 22.0 Å². The molecule has 24 heavy (non-hydrogen) atoms. The fourth-order valence-corrected chi connectivity index (χ4v) is 5.01. The Balaban J connectivity index is 1.75. The Labute approximate surface area is 140 Å². The Morgan fingerprint density at radius 2 is 1.96 bits per heavy atom. The van der Waals surface area contributed by atoms with Gasteiger partial charge in [0.05, 0.1) is 11.4 Å². The van der Waals surface area contributed by atoms with E-state index in [1.807, 2.05) is 24.3 Å². The van der Waals surface area contributed by atoms with Crippen LogP contribution in [0.1, 0.15) is 16.8 Å². The molecule has 0 radical (unpaired) electrons. The van der Waals surface area contributed by atoms with E-state index in [2.05, 4.69) is 4.98 Å². The standard InChI is InChI=1S/C18H17FN2O2S/c1-12-6-7-13(19)10-18(12)24(22,23)21-9-8-15-14-4-2-3-5-16(14)20-17(15)11-21/h2-7,10,20H,8-9,11H2,1H3. The molecule has 124 valence electrons. The number of para-hydroxylation sites is 1. The Kier molecular flexibility index (Phi) is 3.47. The van der Waals surface area contributed by atoms with Gasteiger partial charge in [0.2, 0.25) is 10.0 Å². The number of benzene rings is 2. The molecular weight excluding hydrogens is 327 g/mol. The number of H-pyrrole nitrogens is 1. The van der Waals surface area contributed by atoms with Gasteiger partial charge in [0, 0.05) is 23.1 Å². The average Bonchev–Trinajstić information content (AvgIpc) is 2.94. The first-order valence-corrected chi connectivity index (χ1v) is 9.25. The highest BCUT2D eigenvalue weighted by molar-refractivity contribution is 7.89. The quantitative estimate of drug-likeness (QED) is 0.775. The number of nitrogens with zero attached hydrogens (tertiary/aromatic N) is 1. The van der Waals surface area contributed by atoms with Crippen LogP contribution in [0.25, 0.3) is 10.9 Å². The third-order valence-corrected chi connectivity index (χ3v) is 6.60. The molecule has 0 amide bonds. The monoisotopic (exact) mass is 344 g/mol. The third kappa shape index (κ3) is 2.34. The van der Waals surface area contributed by atoms with Gasteiger partial charge in [0.1, 0.15) is 5.82 Å². The number of hydrogen-bond donors (Lipinski definition) is 1. The molecule has 1 aliphatic rings. The van der Waals surface area contributed by atoms with Crippen LogP contribution in [0.2, 0.25) is 0 Å². The van der Waals surface area contributed by atoms with Gasteiger partial charge in [-0.05, 0) is 42.7 Å². The largest absolute Gasteiger partial charge is 0.357 e. The van der Waals surface area contributed by atoms with Crippen molar-refractivity contribution in [3.05, 3.63) is 65.1 Å². The van der Waals surface area contributed by atoms with Gasteiger partial charge in [-0.3, -0.25) is 0 Å². The maximum atomic E-state index is 13.5. The molecule has 4 rings (SSSR count). The maximum Gasteiger partial charge on any atom is 0.243 e. The van der Waals surface area contributed by atoms with Crippen LogP contribution in [0, 0.1) is 12.7 Å². The molecular formula is C18H17FN2O2S. The number of sulfonamides is 1. The molecule has 0 spiro atoms. The summed E-state index contributed by atoms with van der Waals surface area (Å²) in [7, 11) is -3.72. The van der Waals surface area contributed by atoms with E-state index in [0.29, 0.717) is 18.5 Å². The average molecular weight is 344 g/mol. The van der Waals surface area contributed by atoms with E-state index in [4.69, 9.17) is 0 Å². The number of hydrogen-bond acceptors (Lipinski definition) is 2. The van der Waals surface area contributed by atoms with E-state index >= 15 is 0 Å². The Morgan fingerprint density at radius 3 is 2.79 bits per heavy atom. The number of halogens is 1. The third-order valence-electron chi connectivity index (χ3n) is 4.62. The molecule has 0 saturated heterocycles. The van der Waals surface area contributed by atoms with Crippen molar-refractivity contribution in [3.8, 4) is 0 Å². The molecule has 0 aliphatic carbocycles. The zero-order chi connectivity index (χ0) is 16.9. The first kappa shape index (κ1) is 15.4. The Morgan fingerprint density at radius 1 is 1.17 bits per heavy atom. The van der Waals surface area contributed by atoms with Crippen LogP contribution >= 0.6 is 0 Å². The predicted octanol–water partition coefficient (Wildman–Crippen LogP) is 3.36. The van der Waals surface area contributed by atoms with Gasteiger partial charge in [0.25, 0.3) is 0 Å². The van der Waals surface area contributed by atoms with Gasteiger partial charge in [-0.25, -0.2) is 12.8 Å². The highest BCUT2D eigenvalue weighted by Crippen LogP contribution is 2.31. The van der Waals surface area contributed by atoms with Gasteiger partial charge in [-0.15, -0.1) is 0 Å². The molecule has 6 heteroatoms. The summed E-state index contributed by atoms with van der Waals surface area (Å²) in [6.07, 6.45) is 0.646. The molecule has 0 bridgehead atoms. The molecule has 0 atom stereocenters. The van der Waals surface area contributed by atoms with Crippen molar-refractivity contribution in [2.75, 3.05) is 6.54 Å². The van der Waals surface area contributed by atoms with Gasteiger partial charge in [-0.2, -0.15) is 4.31 Å². The number of rotatable bonds is 2. The molecule has 3 aromatic rings. The summed E-state index contributed by atoms with van der Waals surface area (Å²) in [6, 6.07) is 11.9.